The largest absolute Gasteiger partial charge is 0.0892 e. The standard InChI is InChI=1S/C10H13Br2Cl/c1-7(2)10(13)5-4-9(6-11)8(3)12/h6H,3-5H2,1-2H3/b9-6-. The summed E-state index contributed by atoms with van der Waals surface area (Å²) in [6, 6.07) is 0. The Hall–Kier alpha value is 0.470. The molecule has 0 bridgehead atoms. The molecule has 13 heavy (non-hydrogen) atoms. The van der Waals surface area contributed by atoms with Crippen LogP contribution in [-0.2, 0) is 0 Å². The maximum absolute atomic E-state index is 6.01. The normalized spacial score (nSPS) is 11.3. The zero-order valence-corrected chi connectivity index (χ0v) is 11.8. The first-order valence-corrected chi connectivity index (χ1v) is 6.03. The summed E-state index contributed by atoms with van der Waals surface area (Å²) in [5.74, 6) is 0. The summed E-state index contributed by atoms with van der Waals surface area (Å²) in [5.41, 5.74) is 2.31. The van der Waals surface area contributed by atoms with Crippen LogP contribution in [0.2, 0.25) is 0 Å². The van der Waals surface area contributed by atoms with Gasteiger partial charge in [-0.25, -0.2) is 0 Å². The van der Waals surface area contributed by atoms with Gasteiger partial charge < -0.3 is 0 Å². The van der Waals surface area contributed by atoms with Gasteiger partial charge in [0.1, 0.15) is 0 Å². The monoisotopic (exact) mass is 326 g/mol. The zero-order valence-electron chi connectivity index (χ0n) is 7.83. The number of rotatable bonds is 4. The van der Waals surface area contributed by atoms with Crippen molar-refractivity contribution in [2.45, 2.75) is 26.7 Å². The summed E-state index contributed by atoms with van der Waals surface area (Å²) in [5, 5.41) is 0.931. The predicted octanol–water partition coefficient (Wildman–Crippen LogP) is 5.49. The lowest BCUT2D eigenvalue weighted by atomic mass is 10.1. The van der Waals surface area contributed by atoms with E-state index in [9.17, 15) is 0 Å². The topological polar surface area (TPSA) is 0 Å². The van der Waals surface area contributed by atoms with Crippen LogP contribution in [0, 0.1) is 0 Å². The molecule has 0 aromatic rings. The Balaban J connectivity index is 4.18. The molecule has 0 saturated carbocycles. The van der Waals surface area contributed by atoms with Crippen LogP contribution in [0.3, 0.4) is 0 Å². The molecular formula is C10H13Br2Cl. The first kappa shape index (κ1) is 13.5. The van der Waals surface area contributed by atoms with Crippen LogP contribution < -0.4 is 0 Å². The Bertz CT molecular complexity index is 248. The first-order chi connectivity index (χ1) is 5.99. The lowest BCUT2D eigenvalue weighted by Gasteiger charge is -2.04. The molecule has 0 aliphatic heterocycles. The molecule has 0 saturated heterocycles. The Kier molecular flexibility index (Phi) is 7.10. The Morgan fingerprint density at radius 2 is 1.92 bits per heavy atom. The van der Waals surface area contributed by atoms with E-state index in [0.717, 1.165) is 27.9 Å². The van der Waals surface area contributed by atoms with Crippen molar-refractivity contribution in [2.24, 2.45) is 0 Å². The lowest BCUT2D eigenvalue weighted by Crippen LogP contribution is -1.84. The van der Waals surface area contributed by atoms with E-state index in [1.54, 1.807) is 0 Å². The SMILES string of the molecule is C=C(Br)/C(=C\Br)CCC(Cl)=C(C)C. The molecule has 0 aliphatic carbocycles. The molecule has 0 atom stereocenters. The van der Waals surface area contributed by atoms with Crippen molar-refractivity contribution in [3.8, 4) is 0 Å². The van der Waals surface area contributed by atoms with E-state index in [-0.39, 0.29) is 0 Å². The van der Waals surface area contributed by atoms with Gasteiger partial charge in [-0.3, -0.25) is 0 Å². The second-order valence-corrected chi connectivity index (χ2v) is 4.82. The van der Waals surface area contributed by atoms with Gasteiger partial charge in [-0.05, 0) is 37.2 Å². The van der Waals surface area contributed by atoms with E-state index in [4.69, 9.17) is 11.6 Å². The highest BCUT2D eigenvalue weighted by Gasteiger charge is 2.01. The Morgan fingerprint density at radius 3 is 2.23 bits per heavy atom. The van der Waals surface area contributed by atoms with Gasteiger partial charge in [0.25, 0.3) is 0 Å². The van der Waals surface area contributed by atoms with Crippen molar-refractivity contribution in [3.63, 3.8) is 0 Å². The maximum atomic E-state index is 6.01. The van der Waals surface area contributed by atoms with Crippen molar-refractivity contribution in [2.75, 3.05) is 0 Å². The van der Waals surface area contributed by atoms with Gasteiger partial charge in [-0.2, -0.15) is 0 Å². The van der Waals surface area contributed by atoms with E-state index in [2.05, 4.69) is 38.4 Å². The summed E-state index contributed by atoms with van der Waals surface area (Å²) in [7, 11) is 0. The third kappa shape index (κ3) is 5.71. The van der Waals surface area contributed by atoms with Crippen molar-refractivity contribution < 1.29 is 0 Å². The highest BCUT2D eigenvalue weighted by Crippen LogP contribution is 2.25. The summed E-state index contributed by atoms with van der Waals surface area (Å²) in [4.78, 5) is 1.87. The van der Waals surface area contributed by atoms with Crippen LogP contribution in [0.25, 0.3) is 0 Å². The Labute approximate surface area is 102 Å². The molecule has 0 amide bonds. The summed E-state index contributed by atoms with van der Waals surface area (Å²) >= 11 is 12.6. The van der Waals surface area contributed by atoms with Crippen LogP contribution in [-0.4, -0.2) is 0 Å². The maximum Gasteiger partial charge on any atom is 0.0170 e. The fourth-order valence-electron chi connectivity index (χ4n) is 0.744. The fourth-order valence-corrected chi connectivity index (χ4v) is 1.96. The fraction of sp³-hybridized carbons (Fsp3) is 0.400. The van der Waals surface area contributed by atoms with Gasteiger partial charge in [-0.15, -0.1) is 0 Å². The molecule has 0 aliphatic rings. The van der Waals surface area contributed by atoms with Gasteiger partial charge in [0, 0.05) is 9.51 Å². The van der Waals surface area contributed by atoms with Crippen molar-refractivity contribution >= 4 is 43.5 Å². The quantitative estimate of drug-likeness (QED) is 0.599. The molecule has 0 nitrogen and oxygen atoms in total. The van der Waals surface area contributed by atoms with Gasteiger partial charge in [0.2, 0.25) is 0 Å². The lowest BCUT2D eigenvalue weighted by molar-refractivity contribution is 0.978. The summed E-state index contributed by atoms with van der Waals surface area (Å²) < 4.78 is 0.905. The van der Waals surface area contributed by atoms with E-state index in [0.29, 0.717) is 0 Å². The molecule has 0 heterocycles. The predicted molar refractivity (Wildman–Crippen MR) is 68.5 cm³/mol. The number of hydrogen-bond acceptors (Lipinski definition) is 0. The third-order valence-corrected chi connectivity index (χ3v) is 3.27. The van der Waals surface area contributed by atoms with E-state index in [1.807, 2.05) is 18.8 Å². The molecule has 0 radical (unpaired) electrons. The van der Waals surface area contributed by atoms with Crippen LogP contribution in [0.5, 0.6) is 0 Å². The van der Waals surface area contributed by atoms with E-state index < -0.39 is 0 Å². The third-order valence-electron chi connectivity index (χ3n) is 1.64. The summed E-state index contributed by atoms with van der Waals surface area (Å²) in [6.07, 6.45) is 1.77. The average Bonchev–Trinajstić information content (AvgIpc) is 2.04. The minimum Gasteiger partial charge on any atom is -0.0892 e. The smallest absolute Gasteiger partial charge is 0.0170 e. The molecule has 0 spiro atoms. The highest BCUT2D eigenvalue weighted by atomic mass is 79.9. The minimum absolute atomic E-state index is 0.867. The number of allylic oxidation sites excluding steroid dienone is 4. The molecule has 0 unspecified atom stereocenters. The molecule has 0 aromatic heterocycles. The van der Waals surface area contributed by atoms with Crippen LogP contribution in [0.15, 0.2) is 32.2 Å². The molecular weight excluding hydrogens is 315 g/mol. The minimum atomic E-state index is 0.867. The molecule has 0 aromatic carbocycles. The molecule has 3 heteroatoms. The van der Waals surface area contributed by atoms with Crippen molar-refractivity contribution in [1.82, 2.24) is 0 Å². The van der Waals surface area contributed by atoms with Crippen LogP contribution >= 0.6 is 43.5 Å². The number of halogens is 3. The van der Waals surface area contributed by atoms with Gasteiger partial charge in [-0.1, -0.05) is 55.6 Å². The van der Waals surface area contributed by atoms with E-state index >= 15 is 0 Å². The second kappa shape index (κ2) is 6.86. The molecule has 0 rings (SSSR count). The highest BCUT2D eigenvalue weighted by molar-refractivity contribution is 9.12. The van der Waals surface area contributed by atoms with Gasteiger partial charge in [0.15, 0.2) is 0 Å². The van der Waals surface area contributed by atoms with Crippen LogP contribution in [0.1, 0.15) is 26.7 Å². The summed E-state index contributed by atoms with van der Waals surface area (Å²) in [6.45, 7) is 7.84. The molecule has 74 valence electrons. The van der Waals surface area contributed by atoms with E-state index in [1.165, 1.54) is 5.57 Å². The van der Waals surface area contributed by atoms with Gasteiger partial charge >= 0.3 is 0 Å². The molecule has 0 N–H and O–H groups in total. The Morgan fingerprint density at radius 1 is 1.38 bits per heavy atom. The average molecular weight is 328 g/mol. The van der Waals surface area contributed by atoms with Gasteiger partial charge in [0.05, 0.1) is 0 Å². The van der Waals surface area contributed by atoms with Crippen molar-refractivity contribution in [3.05, 3.63) is 32.2 Å². The second-order valence-electron chi connectivity index (χ2n) is 2.94. The first-order valence-electron chi connectivity index (χ1n) is 3.95. The zero-order chi connectivity index (χ0) is 10.4. The van der Waals surface area contributed by atoms with Crippen molar-refractivity contribution in [1.29, 1.82) is 0 Å². The molecule has 0 fully saturated rings. The number of hydrogen-bond donors (Lipinski definition) is 0. The van der Waals surface area contributed by atoms with Crippen LogP contribution in [0.4, 0.5) is 0 Å².